The average Bonchev–Trinajstić information content (AvgIpc) is 2.37. The number of rotatable bonds is 6. The smallest absolute Gasteiger partial charge is 0.142 e. The first-order valence-electron chi connectivity index (χ1n) is 5.97. The molecule has 0 aromatic heterocycles. The van der Waals surface area contributed by atoms with Gasteiger partial charge in [-0.2, -0.15) is 0 Å². The Morgan fingerprint density at radius 1 is 1.22 bits per heavy atom. The first kappa shape index (κ1) is 14.6. The Morgan fingerprint density at radius 2 is 1.89 bits per heavy atom. The predicted molar refractivity (Wildman–Crippen MR) is 73.7 cm³/mol. The maximum absolute atomic E-state index is 9.33. The number of aliphatic hydroxyl groups excluding tert-OH is 1. The number of hydrogen-bond donors (Lipinski definition) is 1. The molecule has 0 amide bonds. The average molecular weight is 253 g/mol. The van der Waals surface area contributed by atoms with Crippen molar-refractivity contribution in [2.75, 3.05) is 39.3 Å². The van der Waals surface area contributed by atoms with Crippen LogP contribution in [0.15, 0.2) is 18.2 Å². The molecule has 4 nitrogen and oxygen atoms in total. The summed E-state index contributed by atoms with van der Waals surface area (Å²) in [6, 6.07) is 5.69. The summed E-state index contributed by atoms with van der Waals surface area (Å²) in [6.07, 6.45) is 0. The molecule has 0 aliphatic carbocycles. The third-order valence-corrected chi connectivity index (χ3v) is 2.89. The van der Waals surface area contributed by atoms with E-state index in [1.54, 1.807) is 14.2 Å². The molecule has 1 aromatic rings. The number of hydrogen-bond acceptors (Lipinski definition) is 4. The fourth-order valence-electron chi connectivity index (χ4n) is 1.87. The standard InChI is InChI=1S/C14H23NO3/c1-14(2,10-16)9-15(3)12-8-11(17-4)6-7-13(12)18-5/h6-8,16H,9-10H2,1-5H3. The predicted octanol–water partition coefficient (Wildman–Crippen LogP) is 2.16. The Morgan fingerprint density at radius 3 is 2.39 bits per heavy atom. The van der Waals surface area contributed by atoms with Gasteiger partial charge in [0.1, 0.15) is 11.5 Å². The summed E-state index contributed by atoms with van der Waals surface area (Å²) in [4.78, 5) is 2.07. The zero-order valence-corrected chi connectivity index (χ0v) is 11.9. The molecule has 4 heteroatoms. The Labute approximate surface area is 109 Å². The zero-order chi connectivity index (χ0) is 13.8. The summed E-state index contributed by atoms with van der Waals surface area (Å²) in [6.45, 7) is 4.92. The van der Waals surface area contributed by atoms with Gasteiger partial charge in [-0.15, -0.1) is 0 Å². The lowest BCUT2D eigenvalue weighted by Gasteiger charge is -2.31. The Bertz CT molecular complexity index is 391. The van der Waals surface area contributed by atoms with E-state index in [0.717, 1.165) is 23.7 Å². The van der Waals surface area contributed by atoms with E-state index in [1.807, 2.05) is 39.1 Å². The SMILES string of the molecule is COc1ccc(OC)c(N(C)CC(C)(C)CO)c1. The fourth-order valence-corrected chi connectivity index (χ4v) is 1.87. The van der Waals surface area contributed by atoms with Crippen molar-refractivity contribution in [1.82, 2.24) is 0 Å². The molecule has 0 saturated heterocycles. The number of aliphatic hydroxyl groups is 1. The molecule has 0 saturated carbocycles. The van der Waals surface area contributed by atoms with Gasteiger partial charge in [0.05, 0.1) is 19.9 Å². The third-order valence-electron chi connectivity index (χ3n) is 2.89. The molecule has 1 N–H and O–H groups in total. The molecule has 1 rings (SSSR count). The highest BCUT2D eigenvalue weighted by atomic mass is 16.5. The minimum absolute atomic E-state index is 0.142. The lowest BCUT2D eigenvalue weighted by atomic mass is 9.94. The number of benzene rings is 1. The summed E-state index contributed by atoms with van der Waals surface area (Å²) in [7, 11) is 5.27. The molecule has 102 valence electrons. The minimum Gasteiger partial charge on any atom is -0.497 e. The summed E-state index contributed by atoms with van der Waals surface area (Å²) in [5.74, 6) is 1.59. The van der Waals surface area contributed by atoms with E-state index in [0.29, 0.717) is 0 Å². The first-order valence-corrected chi connectivity index (χ1v) is 5.97. The normalized spacial score (nSPS) is 11.2. The molecule has 0 spiro atoms. The number of methoxy groups -OCH3 is 2. The number of nitrogens with zero attached hydrogens (tertiary/aromatic N) is 1. The van der Waals surface area contributed by atoms with Gasteiger partial charge in [0.25, 0.3) is 0 Å². The molecule has 0 aliphatic heterocycles. The van der Waals surface area contributed by atoms with E-state index in [2.05, 4.69) is 4.90 Å². The molecule has 0 aliphatic rings. The van der Waals surface area contributed by atoms with Crippen LogP contribution in [0.2, 0.25) is 0 Å². The van der Waals surface area contributed by atoms with Crippen LogP contribution in [0.25, 0.3) is 0 Å². The van der Waals surface area contributed by atoms with Crippen molar-refractivity contribution < 1.29 is 14.6 Å². The topological polar surface area (TPSA) is 41.9 Å². The highest BCUT2D eigenvalue weighted by molar-refractivity contribution is 5.61. The molecule has 0 radical (unpaired) electrons. The van der Waals surface area contributed by atoms with Crippen molar-refractivity contribution in [1.29, 1.82) is 0 Å². The van der Waals surface area contributed by atoms with Crippen LogP contribution in [0.5, 0.6) is 11.5 Å². The monoisotopic (exact) mass is 253 g/mol. The Hall–Kier alpha value is -1.42. The minimum atomic E-state index is -0.164. The molecule has 0 fully saturated rings. The fraction of sp³-hybridized carbons (Fsp3) is 0.571. The molecule has 0 bridgehead atoms. The van der Waals surface area contributed by atoms with Crippen LogP contribution in [-0.4, -0.2) is 39.5 Å². The number of ether oxygens (including phenoxy) is 2. The molecule has 1 aromatic carbocycles. The molecule has 0 unspecified atom stereocenters. The molecule has 0 heterocycles. The molecule has 0 atom stereocenters. The second-order valence-electron chi connectivity index (χ2n) is 5.22. The first-order chi connectivity index (χ1) is 8.43. The molecule has 18 heavy (non-hydrogen) atoms. The van der Waals surface area contributed by atoms with Crippen molar-refractivity contribution in [3.63, 3.8) is 0 Å². The summed E-state index contributed by atoms with van der Waals surface area (Å²) >= 11 is 0. The Kier molecular flexibility index (Phi) is 4.84. The van der Waals surface area contributed by atoms with Gasteiger partial charge in [0, 0.05) is 31.7 Å². The van der Waals surface area contributed by atoms with Gasteiger partial charge in [0.2, 0.25) is 0 Å². The van der Waals surface area contributed by atoms with Gasteiger partial charge in [-0.3, -0.25) is 0 Å². The van der Waals surface area contributed by atoms with Gasteiger partial charge >= 0.3 is 0 Å². The van der Waals surface area contributed by atoms with Crippen molar-refractivity contribution in [3.05, 3.63) is 18.2 Å². The summed E-state index contributed by atoms with van der Waals surface area (Å²) in [5.41, 5.74) is 0.793. The van der Waals surface area contributed by atoms with Gasteiger partial charge in [-0.25, -0.2) is 0 Å². The largest absolute Gasteiger partial charge is 0.497 e. The van der Waals surface area contributed by atoms with Crippen LogP contribution in [0.4, 0.5) is 5.69 Å². The lowest BCUT2D eigenvalue weighted by molar-refractivity contribution is 0.165. The van der Waals surface area contributed by atoms with Crippen LogP contribution in [0, 0.1) is 5.41 Å². The zero-order valence-electron chi connectivity index (χ0n) is 11.9. The summed E-state index contributed by atoms with van der Waals surface area (Å²) in [5, 5.41) is 9.33. The van der Waals surface area contributed by atoms with E-state index in [-0.39, 0.29) is 12.0 Å². The van der Waals surface area contributed by atoms with E-state index in [9.17, 15) is 5.11 Å². The highest BCUT2D eigenvalue weighted by Crippen LogP contribution is 2.33. The lowest BCUT2D eigenvalue weighted by Crippen LogP contribution is -2.34. The van der Waals surface area contributed by atoms with Gasteiger partial charge in [-0.1, -0.05) is 13.8 Å². The maximum atomic E-state index is 9.33. The van der Waals surface area contributed by atoms with Gasteiger partial charge in [0.15, 0.2) is 0 Å². The quantitative estimate of drug-likeness (QED) is 0.843. The summed E-state index contributed by atoms with van der Waals surface area (Å²) < 4.78 is 10.6. The van der Waals surface area contributed by atoms with Crippen LogP contribution in [0.3, 0.4) is 0 Å². The van der Waals surface area contributed by atoms with E-state index in [4.69, 9.17) is 9.47 Å². The van der Waals surface area contributed by atoms with Crippen molar-refractivity contribution in [2.24, 2.45) is 5.41 Å². The highest BCUT2D eigenvalue weighted by Gasteiger charge is 2.21. The van der Waals surface area contributed by atoms with Crippen molar-refractivity contribution in [2.45, 2.75) is 13.8 Å². The van der Waals surface area contributed by atoms with Crippen LogP contribution in [-0.2, 0) is 0 Å². The third kappa shape index (κ3) is 3.53. The van der Waals surface area contributed by atoms with Crippen LogP contribution < -0.4 is 14.4 Å². The van der Waals surface area contributed by atoms with E-state index >= 15 is 0 Å². The molecular weight excluding hydrogens is 230 g/mol. The number of anilines is 1. The van der Waals surface area contributed by atoms with Crippen molar-refractivity contribution in [3.8, 4) is 11.5 Å². The van der Waals surface area contributed by atoms with Crippen molar-refractivity contribution >= 4 is 5.69 Å². The second-order valence-corrected chi connectivity index (χ2v) is 5.22. The van der Waals surface area contributed by atoms with E-state index in [1.165, 1.54) is 0 Å². The van der Waals surface area contributed by atoms with Gasteiger partial charge < -0.3 is 19.5 Å². The van der Waals surface area contributed by atoms with Gasteiger partial charge in [-0.05, 0) is 12.1 Å². The molecular formula is C14H23NO3. The maximum Gasteiger partial charge on any atom is 0.142 e. The Balaban J connectivity index is 2.99. The van der Waals surface area contributed by atoms with Crippen LogP contribution >= 0.6 is 0 Å². The second kappa shape index (κ2) is 5.96. The van der Waals surface area contributed by atoms with Crippen LogP contribution in [0.1, 0.15) is 13.8 Å². The van der Waals surface area contributed by atoms with E-state index < -0.39 is 0 Å².